The minimum absolute atomic E-state index is 0.168. The second-order valence-corrected chi connectivity index (χ2v) is 7.61. The molecule has 3 aliphatic rings. The average molecular weight is 361 g/mol. The minimum atomic E-state index is 0.168. The lowest BCUT2D eigenvalue weighted by molar-refractivity contribution is 0.0643. The summed E-state index contributed by atoms with van der Waals surface area (Å²) in [7, 11) is 0. The van der Waals surface area contributed by atoms with Gasteiger partial charge in [-0.2, -0.15) is 0 Å². The van der Waals surface area contributed by atoms with Crippen LogP contribution in [0.3, 0.4) is 0 Å². The van der Waals surface area contributed by atoms with Crippen LogP contribution < -0.4 is 10.9 Å². The van der Waals surface area contributed by atoms with E-state index in [4.69, 9.17) is 0 Å². The summed E-state index contributed by atoms with van der Waals surface area (Å²) in [5, 5.41) is 0. The summed E-state index contributed by atoms with van der Waals surface area (Å²) in [5.74, 6) is 0.168. The quantitative estimate of drug-likeness (QED) is 0.876. The monoisotopic (exact) mass is 361 g/mol. The van der Waals surface area contributed by atoms with Gasteiger partial charge in [-0.05, 0) is 55.4 Å². The standard InChI is InChI=1S/C21H23N5O/c27-21(15-3-1-14(2-4-15)17-10-22-13-23-11-17)26(18-5-6-18)19-7-8-20-16(9-19)12-24-25-20/h1-4,10-11,13,18-19,24-25H,5-9,12H2. The largest absolute Gasteiger partial charge is 0.332 e. The van der Waals surface area contributed by atoms with Crippen LogP contribution in [0, 0.1) is 0 Å². The highest BCUT2D eigenvalue weighted by atomic mass is 16.2. The molecule has 2 aliphatic carbocycles. The molecular formula is C21H23N5O. The van der Waals surface area contributed by atoms with E-state index in [1.807, 2.05) is 24.3 Å². The highest BCUT2D eigenvalue weighted by Crippen LogP contribution is 2.37. The van der Waals surface area contributed by atoms with Crippen LogP contribution in [0.2, 0.25) is 0 Å². The molecule has 2 heterocycles. The predicted molar refractivity (Wildman–Crippen MR) is 102 cm³/mol. The van der Waals surface area contributed by atoms with E-state index in [2.05, 4.69) is 25.7 Å². The predicted octanol–water partition coefficient (Wildman–Crippen LogP) is 2.66. The zero-order chi connectivity index (χ0) is 18.2. The first-order valence-corrected chi connectivity index (χ1v) is 9.67. The summed E-state index contributed by atoms with van der Waals surface area (Å²) in [4.78, 5) is 23.6. The van der Waals surface area contributed by atoms with Crippen molar-refractivity contribution in [2.24, 2.45) is 0 Å². The number of benzene rings is 1. The molecule has 5 rings (SSSR count). The molecule has 6 nitrogen and oxygen atoms in total. The van der Waals surface area contributed by atoms with Gasteiger partial charge in [0.25, 0.3) is 5.91 Å². The first-order chi connectivity index (χ1) is 13.3. The highest BCUT2D eigenvalue weighted by Gasteiger charge is 2.39. The second kappa shape index (κ2) is 6.78. The Labute approximate surface area is 158 Å². The van der Waals surface area contributed by atoms with E-state index in [9.17, 15) is 4.79 Å². The summed E-state index contributed by atoms with van der Waals surface area (Å²) in [6, 6.07) is 8.58. The highest BCUT2D eigenvalue weighted by molar-refractivity contribution is 5.95. The summed E-state index contributed by atoms with van der Waals surface area (Å²) in [5.41, 5.74) is 12.0. The lowest BCUT2D eigenvalue weighted by atomic mass is 9.91. The van der Waals surface area contributed by atoms with Crippen molar-refractivity contribution in [1.82, 2.24) is 25.7 Å². The van der Waals surface area contributed by atoms with E-state index < -0.39 is 0 Å². The molecule has 1 fully saturated rings. The zero-order valence-electron chi connectivity index (χ0n) is 15.2. The molecule has 0 radical (unpaired) electrons. The fourth-order valence-corrected chi connectivity index (χ4v) is 4.21. The van der Waals surface area contributed by atoms with Crippen molar-refractivity contribution in [2.75, 3.05) is 6.54 Å². The van der Waals surface area contributed by atoms with Crippen LogP contribution >= 0.6 is 0 Å². The van der Waals surface area contributed by atoms with Crippen LogP contribution in [-0.2, 0) is 0 Å². The van der Waals surface area contributed by atoms with Gasteiger partial charge in [0.1, 0.15) is 6.33 Å². The normalized spacial score (nSPS) is 21.6. The molecule has 6 heteroatoms. The molecule has 1 amide bonds. The molecule has 0 spiro atoms. The van der Waals surface area contributed by atoms with Gasteiger partial charge in [0.15, 0.2) is 0 Å². The van der Waals surface area contributed by atoms with Crippen LogP contribution in [0.25, 0.3) is 11.1 Å². The maximum atomic E-state index is 13.3. The van der Waals surface area contributed by atoms with Gasteiger partial charge in [0.2, 0.25) is 0 Å². The Morgan fingerprint density at radius 1 is 1.00 bits per heavy atom. The van der Waals surface area contributed by atoms with Crippen molar-refractivity contribution < 1.29 is 4.79 Å². The fraction of sp³-hybridized carbons (Fsp3) is 0.381. The number of carbonyl (C=O) groups excluding carboxylic acids is 1. The van der Waals surface area contributed by atoms with Crippen LogP contribution in [0.4, 0.5) is 0 Å². The number of hydrogen-bond acceptors (Lipinski definition) is 5. The van der Waals surface area contributed by atoms with Gasteiger partial charge >= 0.3 is 0 Å². The Balaban J connectivity index is 1.36. The second-order valence-electron chi connectivity index (χ2n) is 7.61. The maximum absolute atomic E-state index is 13.3. The van der Waals surface area contributed by atoms with Crippen molar-refractivity contribution in [2.45, 2.75) is 44.2 Å². The molecule has 1 aromatic carbocycles. The smallest absolute Gasteiger partial charge is 0.254 e. The molecule has 1 aliphatic heterocycles. The molecule has 0 saturated heterocycles. The number of amides is 1. The third kappa shape index (κ3) is 3.21. The molecule has 1 unspecified atom stereocenters. The Bertz CT molecular complexity index is 873. The number of nitrogens with zero attached hydrogens (tertiary/aromatic N) is 3. The Kier molecular flexibility index (Phi) is 4.13. The summed E-state index contributed by atoms with van der Waals surface area (Å²) in [6.07, 6.45) is 10.4. The molecule has 2 aromatic rings. The van der Waals surface area contributed by atoms with Crippen molar-refractivity contribution >= 4 is 5.91 Å². The number of hydrazine groups is 1. The van der Waals surface area contributed by atoms with E-state index in [1.165, 1.54) is 17.6 Å². The maximum Gasteiger partial charge on any atom is 0.254 e. The van der Waals surface area contributed by atoms with Gasteiger partial charge < -0.3 is 10.3 Å². The number of nitrogens with one attached hydrogen (secondary N) is 2. The zero-order valence-corrected chi connectivity index (χ0v) is 15.2. The molecule has 1 aromatic heterocycles. The lowest BCUT2D eigenvalue weighted by Gasteiger charge is -2.35. The molecule has 1 atom stereocenters. The minimum Gasteiger partial charge on any atom is -0.332 e. The number of rotatable bonds is 4. The first kappa shape index (κ1) is 16.4. The fourth-order valence-electron chi connectivity index (χ4n) is 4.21. The van der Waals surface area contributed by atoms with Gasteiger partial charge in [-0.15, -0.1) is 0 Å². The molecule has 1 saturated carbocycles. The van der Waals surface area contributed by atoms with E-state index in [0.717, 1.165) is 55.3 Å². The van der Waals surface area contributed by atoms with E-state index >= 15 is 0 Å². The van der Waals surface area contributed by atoms with Crippen molar-refractivity contribution in [1.29, 1.82) is 0 Å². The molecular weight excluding hydrogens is 338 g/mol. The number of aromatic nitrogens is 2. The van der Waals surface area contributed by atoms with E-state index in [1.54, 1.807) is 12.4 Å². The van der Waals surface area contributed by atoms with Crippen LogP contribution in [-0.4, -0.2) is 39.4 Å². The van der Waals surface area contributed by atoms with Crippen LogP contribution in [0.5, 0.6) is 0 Å². The van der Waals surface area contributed by atoms with Crippen LogP contribution in [0.15, 0.2) is 54.3 Å². The van der Waals surface area contributed by atoms with Crippen molar-refractivity contribution in [3.05, 3.63) is 59.8 Å². The lowest BCUT2D eigenvalue weighted by Crippen LogP contribution is -2.43. The van der Waals surface area contributed by atoms with E-state index in [0.29, 0.717) is 12.1 Å². The third-order valence-corrected chi connectivity index (χ3v) is 5.77. The molecule has 0 bridgehead atoms. The van der Waals surface area contributed by atoms with Gasteiger partial charge in [-0.3, -0.25) is 4.79 Å². The SMILES string of the molecule is O=C(c1ccc(-c2cncnc2)cc1)N(C1CC1)C1CCC2=C(CNN2)C1. The van der Waals surface area contributed by atoms with Crippen molar-refractivity contribution in [3.63, 3.8) is 0 Å². The van der Waals surface area contributed by atoms with E-state index in [-0.39, 0.29) is 5.91 Å². The Hall–Kier alpha value is -2.73. The number of allylic oxidation sites excluding steroid dienone is 1. The van der Waals surface area contributed by atoms with Gasteiger partial charge in [0.05, 0.1) is 0 Å². The topological polar surface area (TPSA) is 70.2 Å². The van der Waals surface area contributed by atoms with Gasteiger partial charge in [-0.25, -0.2) is 15.4 Å². The third-order valence-electron chi connectivity index (χ3n) is 5.77. The number of carbonyl (C=O) groups is 1. The Morgan fingerprint density at radius 2 is 1.78 bits per heavy atom. The Morgan fingerprint density at radius 3 is 2.52 bits per heavy atom. The summed E-state index contributed by atoms with van der Waals surface area (Å²) in [6.45, 7) is 0.895. The molecule has 27 heavy (non-hydrogen) atoms. The molecule has 2 N–H and O–H groups in total. The first-order valence-electron chi connectivity index (χ1n) is 9.67. The van der Waals surface area contributed by atoms with Gasteiger partial charge in [0, 0.05) is 47.8 Å². The summed E-state index contributed by atoms with van der Waals surface area (Å²) >= 11 is 0. The average Bonchev–Trinajstić information content (AvgIpc) is 3.44. The van der Waals surface area contributed by atoms with Gasteiger partial charge in [-0.1, -0.05) is 12.1 Å². The van der Waals surface area contributed by atoms with Crippen LogP contribution in [0.1, 0.15) is 42.5 Å². The molecule has 138 valence electrons. The summed E-state index contributed by atoms with van der Waals surface area (Å²) < 4.78 is 0. The van der Waals surface area contributed by atoms with Crippen molar-refractivity contribution in [3.8, 4) is 11.1 Å². The number of hydrogen-bond donors (Lipinski definition) is 2.